The number of fused-ring (bicyclic) bond motifs is 1. The van der Waals surface area contributed by atoms with E-state index in [0.29, 0.717) is 5.41 Å². The van der Waals surface area contributed by atoms with Crippen LogP contribution in [0.5, 0.6) is 0 Å². The zero-order valence-electron chi connectivity index (χ0n) is 14.2. The molecule has 0 radical (unpaired) electrons. The van der Waals surface area contributed by atoms with E-state index in [0.717, 1.165) is 23.4 Å². The van der Waals surface area contributed by atoms with Crippen LogP contribution in [0.4, 0.5) is 0 Å². The van der Waals surface area contributed by atoms with Crippen LogP contribution in [0.3, 0.4) is 0 Å². The summed E-state index contributed by atoms with van der Waals surface area (Å²) < 4.78 is 0. The van der Waals surface area contributed by atoms with Crippen LogP contribution in [-0.4, -0.2) is 4.98 Å². The number of hydrogen-bond acceptors (Lipinski definition) is 1. The Morgan fingerprint density at radius 3 is 2.33 bits per heavy atom. The highest BCUT2D eigenvalue weighted by atomic mass is 14.7. The second-order valence-electron chi connectivity index (χ2n) is 6.71. The van der Waals surface area contributed by atoms with E-state index < -0.39 is 0 Å². The fourth-order valence-electron chi connectivity index (χ4n) is 2.15. The minimum absolute atomic E-state index is 0.509. The van der Waals surface area contributed by atoms with Crippen molar-refractivity contribution < 1.29 is 0 Å². The Balaban J connectivity index is 0.000000240. The van der Waals surface area contributed by atoms with Crippen molar-refractivity contribution in [2.75, 3.05) is 0 Å². The van der Waals surface area contributed by atoms with Gasteiger partial charge in [-0.2, -0.15) is 5.26 Å². The van der Waals surface area contributed by atoms with Crippen molar-refractivity contribution in [1.29, 1.82) is 5.26 Å². The number of nitriles is 1. The van der Waals surface area contributed by atoms with Crippen molar-refractivity contribution in [3.05, 3.63) is 35.5 Å². The molecular formula is C19H28N2. The highest BCUT2D eigenvalue weighted by Gasteiger charge is 2.16. The number of hydrogen-bond donors (Lipinski definition) is 1. The third kappa shape index (κ3) is 4.63. The van der Waals surface area contributed by atoms with Crippen molar-refractivity contribution in [2.24, 2.45) is 11.3 Å². The lowest BCUT2D eigenvalue weighted by Gasteiger charge is -2.25. The van der Waals surface area contributed by atoms with Gasteiger partial charge in [-0.15, -0.1) is 0 Å². The molecule has 0 amide bonds. The summed E-state index contributed by atoms with van der Waals surface area (Å²) >= 11 is 0. The molecule has 1 atom stereocenters. The maximum atomic E-state index is 8.74. The van der Waals surface area contributed by atoms with Crippen LogP contribution in [0.15, 0.2) is 24.4 Å². The summed E-state index contributed by atoms with van der Waals surface area (Å²) in [7, 11) is 0. The number of benzene rings is 1. The Kier molecular flexibility index (Phi) is 6.03. The van der Waals surface area contributed by atoms with Gasteiger partial charge in [0.2, 0.25) is 0 Å². The molecule has 2 nitrogen and oxygen atoms in total. The van der Waals surface area contributed by atoms with Crippen LogP contribution >= 0.6 is 0 Å². The standard InChI is InChI=1S/C11H10N2.C8H18/c1-2-9-7-13-11-4-3-8(6-12)5-10(9)11;1-6-7(2)8(3,4)5/h3-5,7,13H,2H2,1H3;7H,6H2,1-5H3. The maximum absolute atomic E-state index is 8.74. The smallest absolute Gasteiger partial charge is 0.0991 e. The van der Waals surface area contributed by atoms with Crippen LogP contribution in [-0.2, 0) is 6.42 Å². The first kappa shape index (κ1) is 17.3. The lowest BCUT2D eigenvalue weighted by molar-refractivity contribution is 0.254. The molecule has 1 unspecified atom stereocenters. The number of nitrogens with one attached hydrogen (secondary N) is 1. The molecule has 0 aliphatic heterocycles. The predicted octanol–water partition coefficient (Wildman–Crippen LogP) is 5.68. The van der Waals surface area contributed by atoms with E-state index in [1.54, 1.807) is 0 Å². The molecule has 114 valence electrons. The number of H-pyrrole nitrogens is 1. The molecule has 2 aromatic rings. The molecule has 0 aliphatic rings. The average molecular weight is 284 g/mol. The van der Waals surface area contributed by atoms with E-state index in [1.165, 1.54) is 17.4 Å². The molecule has 0 spiro atoms. The SMILES string of the molecule is CCC(C)C(C)(C)C.CCc1c[nH]c2ccc(C#N)cc12. The Labute approximate surface area is 129 Å². The zero-order chi connectivity index (χ0) is 16.0. The van der Waals surface area contributed by atoms with Gasteiger partial charge in [-0.3, -0.25) is 0 Å². The summed E-state index contributed by atoms with van der Waals surface area (Å²) in [5, 5.41) is 9.91. The number of nitrogens with zero attached hydrogens (tertiary/aromatic N) is 1. The number of aromatic nitrogens is 1. The summed E-state index contributed by atoms with van der Waals surface area (Å²) in [5.74, 6) is 0.850. The van der Waals surface area contributed by atoms with Gasteiger partial charge in [-0.25, -0.2) is 0 Å². The molecule has 0 aliphatic carbocycles. The summed E-state index contributed by atoms with van der Waals surface area (Å²) in [5.41, 5.74) is 3.61. The second-order valence-corrected chi connectivity index (χ2v) is 6.71. The average Bonchev–Trinajstić information content (AvgIpc) is 2.87. The minimum Gasteiger partial charge on any atom is -0.361 e. The first-order valence-corrected chi connectivity index (χ1v) is 7.83. The third-order valence-electron chi connectivity index (χ3n) is 4.37. The molecule has 21 heavy (non-hydrogen) atoms. The van der Waals surface area contributed by atoms with Crippen LogP contribution < -0.4 is 0 Å². The fourth-order valence-corrected chi connectivity index (χ4v) is 2.15. The van der Waals surface area contributed by atoms with E-state index in [1.807, 2.05) is 24.4 Å². The second kappa shape index (κ2) is 7.31. The van der Waals surface area contributed by atoms with Crippen LogP contribution in [0.1, 0.15) is 59.1 Å². The summed E-state index contributed by atoms with van der Waals surface area (Å²) in [6.45, 7) is 13.5. The zero-order valence-corrected chi connectivity index (χ0v) is 14.2. The molecule has 0 saturated carbocycles. The molecule has 1 aromatic carbocycles. The van der Waals surface area contributed by atoms with Gasteiger partial charge in [0, 0.05) is 17.1 Å². The van der Waals surface area contributed by atoms with Crippen molar-refractivity contribution in [2.45, 2.75) is 54.4 Å². The van der Waals surface area contributed by atoms with Gasteiger partial charge in [-0.1, -0.05) is 48.0 Å². The van der Waals surface area contributed by atoms with Gasteiger partial charge in [0.1, 0.15) is 0 Å². The van der Waals surface area contributed by atoms with E-state index in [4.69, 9.17) is 5.26 Å². The largest absolute Gasteiger partial charge is 0.361 e. The van der Waals surface area contributed by atoms with Gasteiger partial charge in [0.05, 0.1) is 11.6 Å². The highest BCUT2D eigenvalue weighted by molar-refractivity contribution is 5.84. The lowest BCUT2D eigenvalue weighted by atomic mass is 9.81. The monoisotopic (exact) mass is 284 g/mol. The van der Waals surface area contributed by atoms with Gasteiger partial charge in [-0.05, 0) is 41.5 Å². The maximum Gasteiger partial charge on any atom is 0.0991 e. The normalized spacial score (nSPS) is 12.4. The fraction of sp³-hybridized carbons (Fsp3) is 0.526. The van der Waals surface area contributed by atoms with Crippen molar-refractivity contribution >= 4 is 10.9 Å². The first-order valence-electron chi connectivity index (χ1n) is 7.83. The predicted molar refractivity (Wildman–Crippen MR) is 91.3 cm³/mol. The lowest BCUT2D eigenvalue weighted by Crippen LogP contribution is -2.15. The molecule has 2 rings (SSSR count). The summed E-state index contributed by atoms with van der Waals surface area (Å²) in [6.07, 6.45) is 4.30. The van der Waals surface area contributed by atoms with E-state index in [2.05, 4.69) is 52.6 Å². The Hall–Kier alpha value is -1.75. The Morgan fingerprint density at radius 1 is 1.24 bits per heavy atom. The molecule has 1 N–H and O–H groups in total. The van der Waals surface area contributed by atoms with E-state index in [9.17, 15) is 0 Å². The Bertz CT molecular complexity index is 609. The topological polar surface area (TPSA) is 39.6 Å². The van der Waals surface area contributed by atoms with Crippen molar-refractivity contribution in [3.8, 4) is 6.07 Å². The van der Waals surface area contributed by atoms with E-state index in [-0.39, 0.29) is 0 Å². The minimum atomic E-state index is 0.509. The first-order chi connectivity index (χ1) is 9.83. The number of aromatic amines is 1. The molecule has 0 bridgehead atoms. The highest BCUT2D eigenvalue weighted by Crippen LogP contribution is 2.27. The van der Waals surface area contributed by atoms with Crippen LogP contribution in [0.25, 0.3) is 10.9 Å². The van der Waals surface area contributed by atoms with Crippen LogP contribution in [0.2, 0.25) is 0 Å². The van der Waals surface area contributed by atoms with Gasteiger partial charge in [0.15, 0.2) is 0 Å². The van der Waals surface area contributed by atoms with E-state index >= 15 is 0 Å². The quantitative estimate of drug-likeness (QED) is 0.757. The molecule has 1 heterocycles. The van der Waals surface area contributed by atoms with Crippen molar-refractivity contribution in [3.63, 3.8) is 0 Å². The van der Waals surface area contributed by atoms with Gasteiger partial charge in [0.25, 0.3) is 0 Å². The molecule has 0 saturated heterocycles. The summed E-state index contributed by atoms with van der Waals surface area (Å²) in [4.78, 5) is 3.18. The molecule has 0 fully saturated rings. The van der Waals surface area contributed by atoms with Gasteiger partial charge >= 0.3 is 0 Å². The van der Waals surface area contributed by atoms with Crippen LogP contribution in [0, 0.1) is 22.7 Å². The summed E-state index contributed by atoms with van der Waals surface area (Å²) in [6, 6.07) is 7.86. The molecular weight excluding hydrogens is 256 g/mol. The number of rotatable bonds is 2. The molecule has 1 aromatic heterocycles. The third-order valence-corrected chi connectivity index (χ3v) is 4.37. The molecule has 2 heteroatoms. The van der Waals surface area contributed by atoms with Crippen molar-refractivity contribution in [1.82, 2.24) is 4.98 Å². The Morgan fingerprint density at radius 2 is 1.90 bits per heavy atom. The van der Waals surface area contributed by atoms with Gasteiger partial charge < -0.3 is 4.98 Å². The number of aryl methyl sites for hydroxylation is 1.